The van der Waals surface area contributed by atoms with Gasteiger partial charge in [0.2, 0.25) is 0 Å². The molecule has 0 saturated carbocycles. The van der Waals surface area contributed by atoms with Gasteiger partial charge in [-0.2, -0.15) is 0 Å². The summed E-state index contributed by atoms with van der Waals surface area (Å²) in [7, 11) is 0. The van der Waals surface area contributed by atoms with E-state index in [-0.39, 0.29) is 0 Å². The zero-order chi connectivity index (χ0) is 8.43. The molecule has 0 saturated heterocycles. The Morgan fingerprint density at radius 1 is 1.45 bits per heavy atom. The van der Waals surface area contributed by atoms with E-state index < -0.39 is 0 Å². The summed E-state index contributed by atoms with van der Waals surface area (Å²) in [5.41, 5.74) is 2.45. The van der Waals surface area contributed by atoms with Crippen molar-refractivity contribution in [3.05, 3.63) is 34.3 Å². The number of benzene rings is 1. The van der Waals surface area contributed by atoms with Crippen molar-refractivity contribution in [2.45, 2.75) is 13.8 Å². The fourth-order valence-corrected chi connectivity index (χ4v) is 1.30. The fraction of sp³-hybridized carbons (Fsp3) is 0.222. The van der Waals surface area contributed by atoms with E-state index in [1.54, 1.807) is 6.92 Å². The van der Waals surface area contributed by atoms with Crippen LogP contribution in [0.2, 0.25) is 5.02 Å². The molecule has 58 valence electrons. The van der Waals surface area contributed by atoms with Gasteiger partial charge in [0.05, 0.1) is 0 Å². The van der Waals surface area contributed by atoms with E-state index in [4.69, 9.17) is 17.0 Å². The minimum absolute atomic E-state index is 0.509. The highest BCUT2D eigenvalue weighted by Crippen LogP contribution is 2.17. The molecule has 1 aromatic carbocycles. The summed E-state index contributed by atoms with van der Waals surface area (Å²) in [5.74, 6) is 0. The Hall–Kier alpha value is -0.820. The molecule has 2 heteroatoms. The van der Waals surface area contributed by atoms with E-state index in [2.05, 4.69) is 0 Å². The highest BCUT2D eigenvalue weighted by Gasteiger charge is 2.00. The van der Waals surface area contributed by atoms with Gasteiger partial charge >= 0.3 is 0 Å². The SMILES string of the molecule is CC(=N)c1ccc(C)cc1Cl. The lowest BCUT2D eigenvalue weighted by Crippen LogP contribution is -1.92. The minimum atomic E-state index is 0.509. The molecule has 0 heterocycles. The van der Waals surface area contributed by atoms with Gasteiger partial charge in [-0.25, -0.2) is 0 Å². The van der Waals surface area contributed by atoms with Gasteiger partial charge in [0.25, 0.3) is 0 Å². The normalized spacial score (nSPS) is 9.73. The van der Waals surface area contributed by atoms with Gasteiger partial charge in [-0.05, 0) is 25.5 Å². The molecule has 0 spiro atoms. The van der Waals surface area contributed by atoms with Crippen LogP contribution in [-0.2, 0) is 0 Å². The lowest BCUT2D eigenvalue weighted by molar-refractivity contribution is 1.42. The van der Waals surface area contributed by atoms with Crippen molar-refractivity contribution in [3.8, 4) is 0 Å². The fourth-order valence-electron chi connectivity index (χ4n) is 0.924. The largest absolute Gasteiger partial charge is 0.305 e. The van der Waals surface area contributed by atoms with Crippen LogP contribution >= 0.6 is 11.6 Å². The first kappa shape index (κ1) is 8.28. The molecule has 0 aromatic heterocycles. The maximum Gasteiger partial charge on any atom is 0.0498 e. The van der Waals surface area contributed by atoms with Crippen molar-refractivity contribution in [3.63, 3.8) is 0 Å². The third-order valence-corrected chi connectivity index (χ3v) is 1.84. The Balaban J connectivity index is 3.20. The van der Waals surface area contributed by atoms with Gasteiger partial charge in [-0.3, -0.25) is 0 Å². The predicted molar refractivity (Wildman–Crippen MR) is 48.7 cm³/mol. The quantitative estimate of drug-likeness (QED) is 0.622. The Morgan fingerprint density at radius 2 is 2.09 bits per heavy atom. The van der Waals surface area contributed by atoms with E-state index in [1.807, 2.05) is 25.1 Å². The number of hydrogen-bond donors (Lipinski definition) is 1. The second-order valence-electron chi connectivity index (χ2n) is 2.61. The summed E-state index contributed by atoms with van der Waals surface area (Å²) in [6.45, 7) is 3.71. The van der Waals surface area contributed by atoms with Gasteiger partial charge < -0.3 is 5.41 Å². The first-order valence-corrected chi connectivity index (χ1v) is 3.80. The van der Waals surface area contributed by atoms with Gasteiger partial charge in [-0.15, -0.1) is 0 Å². The maximum atomic E-state index is 7.36. The van der Waals surface area contributed by atoms with Crippen LogP contribution in [-0.4, -0.2) is 5.71 Å². The van der Waals surface area contributed by atoms with E-state index in [0.717, 1.165) is 11.1 Å². The average Bonchev–Trinajstić information content (AvgIpc) is 1.85. The van der Waals surface area contributed by atoms with Crippen molar-refractivity contribution in [2.75, 3.05) is 0 Å². The zero-order valence-electron chi connectivity index (χ0n) is 6.61. The molecule has 0 amide bonds. The molecule has 0 atom stereocenters. The molecular formula is C9H10ClN. The summed E-state index contributed by atoms with van der Waals surface area (Å²) < 4.78 is 0. The zero-order valence-corrected chi connectivity index (χ0v) is 7.37. The van der Waals surface area contributed by atoms with Crippen molar-refractivity contribution in [1.29, 1.82) is 5.41 Å². The lowest BCUT2D eigenvalue weighted by Gasteiger charge is -2.01. The van der Waals surface area contributed by atoms with Crippen LogP contribution in [0.15, 0.2) is 18.2 Å². The summed E-state index contributed by atoms with van der Waals surface area (Å²) in [5, 5.41) is 8.03. The molecule has 0 radical (unpaired) electrons. The average molecular weight is 168 g/mol. The van der Waals surface area contributed by atoms with Crippen molar-refractivity contribution < 1.29 is 0 Å². The Morgan fingerprint density at radius 3 is 2.55 bits per heavy atom. The molecule has 0 unspecified atom stereocenters. The topological polar surface area (TPSA) is 23.9 Å². The third-order valence-electron chi connectivity index (χ3n) is 1.53. The van der Waals surface area contributed by atoms with E-state index >= 15 is 0 Å². The highest BCUT2D eigenvalue weighted by molar-refractivity contribution is 6.34. The minimum Gasteiger partial charge on any atom is -0.305 e. The predicted octanol–water partition coefficient (Wildman–Crippen LogP) is 3.04. The Kier molecular flexibility index (Phi) is 2.30. The number of hydrogen-bond acceptors (Lipinski definition) is 1. The van der Waals surface area contributed by atoms with Crippen LogP contribution in [0.1, 0.15) is 18.1 Å². The third kappa shape index (κ3) is 1.81. The summed E-state index contributed by atoms with van der Waals surface area (Å²) in [6, 6.07) is 5.70. The van der Waals surface area contributed by atoms with Crippen LogP contribution in [0.4, 0.5) is 0 Å². The first-order valence-electron chi connectivity index (χ1n) is 3.43. The van der Waals surface area contributed by atoms with Crippen LogP contribution in [0.25, 0.3) is 0 Å². The smallest absolute Gasteiger partial charge is 0.0498 e. The summed E-state index contributed by atoms with van der Waals surface area (Å²) >= 11 is 5.88. The molecule has 0 aliphatic heterocycles. The second kappa shape index (κ2) is 3.05. The van der Waals surface area contributed by atoms with Crippen LogP contribution in [0, 0.1) is 12.3 Å². The van der Waals surface area contributed by atoms with Crippen LogP contribution in [0.5, 0.6) is 0 Å². The summed E-state index contributed by atoms with van der Waals surface area (Å²) in [6.07, 6.45) is 0. The number of halogens is 1. The van der Waals surface area contributed by atoms with Crippen molar-refractivity contribution in [2.24, 2.45) is 0 Å². The molecule has 0 aliphatic rings. The molecule has 11 heavy (non-hydrogen) atoms. The number of nitrogens with one attached hydrogen (secondary N) is 1. The maximum absolute atomic E-state index is 7.36. The van der Waals surface area contributed by atoms with E-state index in [1.165, 1.54) is 0 Å². The van der Waals surface area contributed by atoms with Gasteiger partial charge in [0.15, 0.2) is 0 Å². The molecule has 0 aliphatic carbocycles. The first-order chi connectivity index (χ1) is 5.11. The molecule has 1 nitrogen and oxygen atoms in total. The Bertz CT molecular complexity index is 292. The summed E-state index contributed by atoms with van der Waals surface area (Å²) in [4.78, 5) is 0. The van der Waals surface area contributed by atoms with E-state index in [0.29, 0.717) is 10.7 Å². The second-order valence-corrected chi connectivity index (χ2v) is 3.02. The van der Waals surface area contributed by atoms with Crippen molar-refractivity contribution >= 4 is 17.3 Å². The van der Waals surface area contributed by atoms with Crippen molar-refractivity contribution in [1.82, 2.24) is 0 Å². The molecule has 1 N–H and O–H groups in total. The molecule has 0 fully saturated rings. The van der Waals surface area contributed by atoms with Gasteiger partial charge in [-0.1, -0.05) is 23.7 Å². The standard InChI is InChI=1S/C9H10ClN/c1-6-3-4-8(7(2)11)9(10)5-6/h3-5,11H,1-2H3. The highest BCUT2D eigenvalue weighted by atomic mass is 35.5. The van der Waals surface area contributed by atoms with Crippen LogP contribution < -0.4 is 0 Å². The van der Waals surface area contributed by atoms with Gasteiger partial charge in [0, 0.05) is 16.3 Å². The molecule has 1 rings (SSSR count). The molecule has 1 aromatic rings. The monoisotopic (exact) mass is 167 g/mol. The molecular weight excluding hydrogens is 158 g/mol. The van der Waals surface area contributed by atoms with Gasteiger partial charge in [0.1, 0.15) is 0 Å². The number of rotatable bonds is 1. The number of aryl methyl sites for hydroxylation is 1. The lowest BCUT2D eigenvalue weighted by atomic mass is 10.1. The Labute approximate surface area is 71.5 Å². The molecule has 0 bridgehead atoms. The van der Waals surface area contributed by atoms with Crippen LogP contribution in [0.3, 0.4) is 0 Å². The van der Waals surface area contributed by atoms with E-state index in [9.17, 15) is 0 Å².